The fourth-order valence-corrected chi connectivity index (χ4v) is 2.49. The van der Waals surface area contributed by atoms with Crippen LogP contribution in [0.2, 0.25) is 0 Å². The van der Waals surface area contributed by atoms with Gasteiger partial charge in [0.15, 0.2) is 0 Å². The zero-order valence-electron chi connectivity index (χ0n) is 12.4. The Balaban J connectivity index is 2.12. The Morgan fingerprint density at radius 2 is 1.70 bits per heavy atom. The summed E-state index contributed by atoms with van der Waals surface area (Å²) in [5, 5.41) is 0. The maximum absolute atomic E-state index is 12.5. The van der Waals surface area contributed by atoms with Gasteiger partial charge in [-0.2, -0.15) is 0 Å². The van der Waals surface area contributed by atoms with Crippen LogP contribution in [0.25, 0.3) is 0 Å². The molecule has 1 saturated heterocycles. The lowest BCUT2D eigenvalue weighted by molar-refractivity contribution is -0.902. The number of nitrogens with one attached hydrogen (secondary N) is 1. The molecule has 5 heteroatoms. The van der Waals surface area contributed by atoms with Crippen molar-refractivity contribution in [2.45, 2.75) is 6.92 Å². The number of methoxy groups -OCH3 is 2. The number of carbonyl (C=O) groups is 1. The van der Waals surface area contributed by atoms with Crippen molar-refractivity contribution in [3.05, 3.63) is 23.8 Å². The van der Waals surface area contributed by atoms with E-state index in [1.54, 1.807) is 37.3 Å². The fourth-order valence-electron chi connectivity index (χ4n) is 2.49. The van der Waals surface area contributed by atoms with E-state index in [0.717, 1.165) is 32.7 Å². The van der Waals surface area contributed by atoms with Gasteiger partial charge in [0.2, 0.25) is 0 Å². The Hall–Kier alpha value is -1.75. The van der Waals surface area contributed by atoms with Gasteiger partial charge in [0.1, 0.15) is 11.5 Å². The van der Waals surface area contributed by atoms with Crippen LogP contribution in [0.4, 0.5) is 0 Å². The Bertz CT molecular complexity index is 446. The van der Waals surface area contributed by atoms with Crippen molar-refractivity contribution in [3.8, 4) is 11.5 Å². The molecule has 0 spiro atoms. The van der Waals surface area contributed by atoms with Gasteiger partial charge in [0.25, 0.3) is 5.91 Å². The third-order valence-electron chi connectivity index (χ3n) is 3.86. The van der Waals surface area contributed by atoms with Crippen LogP contribution in [0, 0.1) is 0 Å². The van der Waals surface area contributed by atoms with Gasteiger partial charge in [0, 0.05) is 11.6 Å². The predicted molar refractivity (Wildman–Crippen MR) is 76.7 cm³/mol. The van der Waals surface area contributed by atoms with Gasteiger partial charge in [-0.05, 0) is 19.1 Å². The smallest absolute Gasteiger partial charge is 0.254 e. The van der Waals surface area contributed by atoms with E-state index in [2.05, 4.69) is 6.92 Å². The van der Waals surface area contributed by atoms with E-state index in [4.69, 9.17) is 9.47 Å². The van der Waals surface area contributed by atoms with Crippen LogP contribution >= 0.6 is 0 Å². The van der Waals surface area contributed by atoms with Crippen LogP contribution in [0.5, 0.6) is 11.5 Å². The minimum Gasteiger partial charge on any atom is -0.497 e. The Morgan fingerprint density at radius 1 is 1.15 bits per heavy atom. The lowest BCUT2D eigenvalue weighted by Gasteiger charge is -2.31. The largest absolute Gasteiger partial charge is 0.497 e. The van der Waals surface area contributed by atoms with Crippen molar-refractivity contribution in [2.75, 3.05) is 46.9 Å². The van der Waals surface area contributed by atoms with Crippen molar-refractivity contribution >= 4 is 5.91 Å². The molecule has 0 bridgehead atoms. The maximum atomic E-state index is 12.5. The van der Waals surface area contributed by atoms with Gasteiger partial charge in [-0.3, -0.25) is 4.79 Å². The second-order valence-corrected chi connectivity index (χ2v) is 5.00. The van der Waals surface area contributed by atoms with Gasteiger partial charge >= 0.3 is 0 Å². The number of quaternary nitrogens is 1. The summed E-state index contributed by atoms with van der Waals surface area (Å²) in [5.74, 6) is 1.34. The maximum Gasteiger partial charge on any atom is 0.254 e. The molecule has 1 amide bonds. The molecule has 0 atom stereocenters. The first kappa shape index (κ1) is 14.7. The Morgan fingerprint density at radius 3 is 2.15 bits per heavy atom. The summed E-state index contributed by atoms with van der Waals surface area (Å²) in [6, 6.07) is 5.31. The molecule has 1 N–H and O–H groups in total. The molecule has 0 saturated carbocycles. The quantitative estimate of drug-likeness (QED) is 0.848. The van der Waals surface area contributed by atoms with Gasteiger partial charge in [-0.15, -0.1) is 0 Å². The number of carbonyl (C=O) groups excluding carboxylic acids is 1. The highest BCUT2D eigenvalue weighted by molar-refractivity contribution is 5.95. The van der Waals surface area contributed by atoms with Crippen molar-refractivity contribution in [2.24, 2.45) is 0 Å². The third kappa shape index (κ3) is 3.22. The summed E-state index contributed by atoms with van der Waals surface area (Å²) >= 11 is 0. The van der Waals surface area contributed by atoms with E-state index < -0.39 is 0 Å². The molecule has 1 heterocycles. The average Bonchev–Trinajstić information content (AvgIpc) is 2.53. The van der Waals surface area contributed by atoms with E-state index in [1.807, 2.05) is 4.90 Å². The van der Waals surface area contributed by atoms with Crippen LogP contribution in [-0.4, -0.2) is 57.8 Å². The van der Waals surface area contributed by atoms with Gasteiger partial charge in [0.05, 0.1) is 46.9 Å². The van der Waals surface area contributed by atoms with Gasteiger partial charge < -0.3 is 19.3 Å². The van der Waals surface area contributed by atoms with E-state index in [1.165, 1.54) is 0 Å². The van der Waals surface area contributed by atoms with Crippen LogP contribution in [0.15, 0.2) is 18.2 Å². The molecule has 0 aliphatic carbocycles. The average molecular weight is 279 g/mol. The lowest BCUT2D eigenvalue weighted by atomic mass is 10.1. The number of likely N-dealkylation sites (N-methyl/N-ethyl adjacent to an activating group) is 1. The second kappa shape index (κ2) is 6.61. The minimum absolute atomic E-state index is 0.0531. The normalized spacial score (nSPS) is 16.1. The number of hydrogen-bond acceptors (Lipinski definition) is 3. The topological polar surface area (TPSA) is 43.2 Å². The SMILES string of the molecule is CC[NH+]1CCN(C(=O)c2cc(OC)cc(OC)c2)CC1. The fraction of sp³-hybridized carbons (Fsp3) is 0.533. The zero-order chi connectivity index (χ0) is 14.5. The highest BCUT2D eigenvalue weighted by Crippen LogP contribution is 2.23. The summed E-state index contributed by atoms with van der Waals surface area (Å²) in [5.41, 5.74) is 0.626. The minimum atomic E-state index is 0.0531. The molecular formula is C15H23N2O3+. The number of amides is 1. The van der Waals surface area contributed by atoms with Crippen molar-refractivity contribution in [3.63, 3.8) is 0 Å². The molecule has 2 rings (SSSR count). The molecule has 1 aromatic rings. The molecule has 1 fully saturated rings. The van der Waals surface area contributed by atoms with Crippen LogP contribution in [0.1, 0.15) is 17.3 Å². The first-order valence-electron chi connectivity index (χ1n) is 7.03. The molecule has 0 radical (unpaired) electrons. The second-order valence-electron chi connectivity index (χ2n) is 5.00. The van der Waals surface area contributed by atoms with Crippen LogP contribution in [0.3, 0.4) is 0 Å². The highest BCUT2D eigenvalue weighted by atomic mass is 16.5. The molecule has 0 aromatic heterocycles. The number of piperazine rings is 1. The van der Waals surface area contributed by atoms with Crippen molar-refractivity contribution in [1.82, 2.24) is 4.90 Å². The summed E-state index contributed by atoms with van der Waals surface area (Å²) in [4.78, 5) is 16.0. The third-order valence-corrected chi connectivity index (χ3v) is 3.86. The molecule has 110 valence electrons. The summed E-state index contributed by atoms with van der Waals surface area (Å²) in [6.45, 7) is 6.95. The number of hydrogen-bond donors (Lipinski definition) is 1. The van der Waals surface area contributed by atoms with Gasteiger partial charge in [-0.1, -0.05) is 0 Å². The number of rotatable bonds is 4. The van der Waals surface area contributed by atoms with Crippen LogP contribution in [-0.2, 0) is 0 Å². The van der Waals surface area contributed by atoms with Crippen molar-refractivity contribution in [1.29, 1.82) is 0 Å². The summed E-state index contributed by atoms with van der Waals surface area (Å²) in [7, 11) is 3.18. The van der Waals surface area contributed by atoms with E-state index in [-0.39, 0.29) is 5.91 Å². The predicted octanol–water partition coefficient (Wildman–Crippen LogP) is 0.0644. The first-order valence-corrected chi connectivity index (χ1v) is 7.03. The van der Waals surface area contributed by atoms with E-state index in [0.29, 0.717) is 17.1 Å². The Kier molecular flexibility index (Phi) is 4.84. The number of nitrogens with zero attached hydrogens (tertiary/aromatic N) is 1. The molecule has 1 aromatic carbocycles. The lowest BCUT2D eigenvalue weighted by Crippen LogP contribution is -3.14. The highest BCUT2D eigenvalue weighted by Gasteiger charge is 2.24. The summed E-state index contributed by atoms with van der Waals surface area (Å²) < 4.78 is 10.4. The molecule has 0 unspecified atom stereocenters. The number of ether oxygens (including phenoxy) is 2. The molecular weight excluding hydrogens is 256 g/mol. The van der Waals surface area contributed by atoms with E-state index in [9.17, 15) is 4.79 Å². The molecule has 20 heavy (non-hydrogen) atoms. The molecule has 1 aliphatic rings. The summed E-state index contributed by atoms with van der Waals surface area (Å²) in [6.07, 6.45) is 0. The zero-order valence-corrected chi connectivity index (χ0v) is 12.4. The van der Waals surface area contributed by atoms with Crippen LogP contribution < -0.4 is 14.4 Å². The Labute approximate surface area is 120 Å². The molecule has 5 nitrogen and oxygen atoms in total. The van der Waals surface area contributed by atoms with Gasteiger partial charge in [-0.25, -0.2) is 0 Å². The first-order chi connectivity index (χ1) is 9.67. The monoisotopic (exact) mass is 279 g/mol. The standard InChI is InChI=1S/C15H22N2O3/c1-4-16-5-7-17(8-6-16)15(18)12-9-13(19-2)11-14(10-12)20-3/h9-11H,4-8H2,1-3H3/p+1. The number of benzene rings is 1. The molecule has 1 aliphatic heterocycles. The van der Waals surface area contributed by atoms with Crippen molar-refractivity contribution < 1.29 is 19.2 Å². The van der Waals surface area contributed by atoms with E-state index >= 15 is 0 Å².